The van der Waals surface area contributed by atoms with Crippen molar-refractivity contribution in [3.05, 3.63) is 40.1 Å². The standard InChI is InChI=1S/C13H13BrF3N3/c1-2-18-6-9-7-19-12(20-9)10-4-3-8(14)5-11(10)13(15,16)17/h3-5,7,18H,2,6H2,1H3,(H,19,20). The van der Waals surface area contributed by atoms with Crippen molar-refractivity contribution in [2.45, 2.75) is 19.6 Å². The lowest BCUT2D eigenvalue weighted by molar-refractivity contribution is -0.137. The maximum absolute atomic E-state index is 13.0. The SMILES string of the molecule is CCNCc1cnc(-c2ccc(Br)cc2C(F)(F)F)[nH]1. The maximum Gasteiger partial charge on any atom is 0.417 e. The molecule has 0 spiro atoms. The lowest BCUT2D eigenvalue weighted by Crippen LogP contribution is -2.12. The predicted octanol–water partition coefficient (Wildman–Crippen LogP) is 3.97. The van der Waals surface area contributed by atoms with E-state index in [9.17, 15) is 13.2 Å². The van der Waals surface area contributed by atoms with Crippen LogP contribution in [0, 0.1) is 0 Å². The second kappa shape index (κ2) is 5.97. The van der Waals surface area contributed by atoms with E-state index in [1.165, 1.54) is 6.07 Å². The van der Waals surface area contributed by atoms with Gasteiger partial charge < -0.3 is 10.3 Å². The fraction of sp³-hybridized carbons (Fsp3) is 0.308. The van der Waals surface area contributed by atoms with Gasteiger partial charge >= 0.3 is 6.18 Å². The van der Waals surface area contributed by atoms with Gasteiger partial charge in [-0.3, -0.25) is 0 Å². The average Bonchev–Trinajstić information content (AvgIpc) is 2.84. The molecule has 0 aliphatic rings. The van der Waals surface area contributed by atoms with Crippen LogP contribution in [0.5, 0.6) is 0 Å². The normalized spacial score (nSPS) is 11.8. The summed E-state index contributed by atoms with van der Waals surface area (Å²) in [5.74, 6) is 0.220. The van der Waals surface area contributed by atoms with Crippen LogP contribution < -0.4 is 5.32 Å². The van der Waals surface area contributed by atoms with Gasteiger partial charge in [-0.15, -0.1) is 0 Å². The number of nitrogens with one attached hydrogen (secondary N) is 2. The Hall–Kier alpha value is -1.34. The Balaban J connectivity index is 2.39. The highest BCUT2D eigenvalue weighted by molar-refractivity contribution is 9.10. The fourth-order valence-electron chi connectivity index (χ4n) is 1.80. The number of hydrogen-bond acceptors (Lipinski definition) is 2. The first-order valence-corrected chi connectivity index (χ1v) is 6.83. The van der Waals surface area contributed by atoms with E-state index in [1.807, 2.05) is 6.92 Å². The van der Waals surface area contributed by atoms with Crippen LogP contribution in [-0.4, -0.2) is 16.5 Å². The van der Waals surface area contributed by atoms with E-state index in [1.54, 1.807) is 12.3 Å². The van der Waals surface area contributed by atoms with E-state index in [-0.39, 0.29) is 11.4 Å². The molecule has 0 atom stereocenters. The Labute approximate surface area is 122 Å². The predicted molar refractivity (Wildman–Crippen MR) is 74.1 cm³/mol. The maximum atomic E-state index is 13.0. The number of H-pyrrole nitrogens is 1. The van der Waals surface area contributed by atoms with Crippen LogP contribution in [0.25, 0.3) is 11.4 Å². The lowest BCUT2D eigenvalue weighted by atomic mass is 10.1. The second-order valence-corrected chi connectivity index (χ2v) is 5.14. The Morgan fingerprint density at radius 1 is 1.35 bits per heavy atom. The molecule has 0 aliphatic carbocycles. The third-order valence-electron chi connectivity index (χ3n) is 2.74. The summed E-state index contributed by atoms with van der Waals surface area (Å²) in [6, 6.07) is 4.03. The molecule has 2 rings (SSSR count). The minimum absolute atomic E-state index is 0.0449. The summed E-state index contributed by atoms with van der Waals surface area (Å²) in [6.07, 6.45) is -2.88. The highest BCUT2D eigenvalue weighted by atomic mass is 79.9. The summed E-state index contributed by atoms with van der Waals surface area (Å²) in [6.45, 7) is 3.27. The van der Waals surface area contributed by atoms with Crippen LogP contribution in [0.3, 0.4) is 0 Å². The molecular weight excluding hydrogens is 335 g/mol. The number of hydrogen-bond donors (Lipinski definition) is 2. The number of rotatable bonds is 4. The molecule has 20 heavy (non-hydrogen) atoms. The molecule has 0 aliphatic heterocycles. The van der Waals surface area contributed by atoms with Gasteiger partial charge in [0.15, 0.2) is 0 Å². The van der Waals surface area contributed by atoms with Crippen LogP contribution in [0.15, 0.2) is 28.9 Å². The third-order valence-corrected chi connectivity index (χ3v) is 3.23. The van der Waals surface area contributed by atoms with Crippen LogP contribution in [-0.2, 0) is 12.7 Å². The average molecular weight is 348 g/mol. The summed E-state index contributed by atoms with van der Waals surface area (Å²) in [5, 5.41) is 3.08. The fourth-order valence-corrected chi connectivity index (χ4v) is 2.16. The van der Waals surface area contributed by atoms with Crippen molar-refractivity contribution in [2.24, 2.45) is 0 Å². The van der Waals surface area contributed by atoms with Crippen molar-refractivity contribution in [1.29, 1.82) is 0 Å². The van der Waals surface area contributed by atoms with Crippen LogP contribution in [0.2, 0.25) is 0 Å². The molecule has 0 amide bonds. The molecule has 0 unspecified atom stereocenters. The first kappa shape index (κ1) is 15.1. The molecule has 0 saturated carbocycles. The quantitative estimate of drug-likeness (QED) is 0.878. The summed E-state index contributed by atoms with van der Waals surface area (Å²) in [5.41, 5.74) is 0.0811. The zero-order chi connectivity index (χ0) is 14.8. The van der Waals surface area contributed by atoms with Gasteiger partial charge in [0.1, 0.15) is 5.82 Å². The van der Waals surface area contributed by atoms with Gasteiger partial charge in [-0.1, -0.05) is 22.9 Å². The van der Waals surface area contributed by atoms with E-state index >= 15 is 0 Å². The molecule has 2 aromatic rings. The molecule has 7 heteroatoms. The Morgan fingerprint density at radius 2 is 2.10 bits per heavy atom. The van der Waals surface area contributed by atoms with E-state index in [0.29, 0.717) is 11.0 Å². The van der Waals surface area contributed by atoms with Crippen molar-refractivity contribution < 1.29 is 13.2 Å². The number of aromatic nitrogens is 2. The van der Waals surface area contributed by atoms with E-state index in [4.69, 9.17) is 0 Å². The van der Waals surface area contributed by atoms with Crippen LogP contribution in [0.1, 0.15) is 18.2 Å². The van der Waals surface area contributed by atoms with E-state index < -0.39 is 11.7 Å². The summed E-state index contributed by atoms with van der Waals surface area (Å²) in [4.78, 5) is 6.94. The van der Waals surface area contributed by atoms with Crippen molar-refractivity contribution in [3.8, 4) is 11.4 Å². The Kier molecular flexibility index (Phi) is 4.49. The Bertz CT molecular complexity index is 593. The number of aromatic amines is 1. The van der Waals surface area contributed by atoms with Gasteiger partial charge in [0.05, 0.1) is 5.56 Å². The zero-order valence-electron chi connectivity index (χ0n) is 10.7. The third kappa shape index (κ3) is 3.40. The molecule has 2 N–H and O–H groups in total. The molecule has 1 aromatic heterocycles. The first-order valence-electron chi connectivity index (χ1n) is 6.03. The molecule has 0 bridgehead atoms. The summed E-state index contributed by atoms with van der Waals surface area (Å²) in [7, 11) is 0. The summed E-state index contributed by atoms with van der Waals surface area (Å²) < 4.78 is 39.5. The molecule has 3 nitrogen and oxygen atoms in total. The van der Waals surface area contributed by atoms with Gasteiger partial charge in [-0.2, -0.15) is 13.2 Å². The van der Waals surface area contributed by atoms with Crippen molar-refractivity contribution >= 4 is 15.9 Å². The molecule has 108 valence electrons. The number of benzene rings is 1. The van der Waals surface area contributed by atoms with E-state index in [2.05, 4.69) is 31.2 Å². The highest BCUT2D eigenvalue weighted by Gasteiger charge is 2.34. The number of imidazole rings is 1. The van der Waals surface area contributed by atoms with Gasteiger partial charge in [0.25, 0.3) is 0 Å². The molecule has 0 fully saturated rings. The molecule has 0 radical (unpaired) electrons. The Morgan fingerprint density at radius 3 is 2.75 bits per heavy atom. The van der Waals surface area contributed by atoms with Crippen molar-refractivity contribution in [2.75, 3.05) is 6.54 Å². The number of alkyl halides is 3. The molecule has 1 aromatic carbocycles. The van der Waals surface area contributed by atoms with Gasteiger partial charge in [0, 0.05) is 28.5 Å². The molecular formula is C13H13BrF3N3. The zero-order valence-corrected chi connectivity index (χ0v) is 12.3. The molecule has 0 saturated heterocycles. The van der Waals surface area contributed by atoms with Crippen molar-refractivity contribution in [1.82, 2.24) is 15.3 Å². The van der Waals surface area contributed by atoms with Gasteiger partial charge in [-0.05, 0) is 24.7 Å². The van der Waals surface area contributed by atoms with Crippen molar-refractivity contribution in [3.63, 3.8) is 0 Å². The smallest absolute Gasteiger partial charge is 0.341 e. The van der Waals surface area contributed by atoms with Crippen LogP contribution >= 0.6 is 15.9 Å². The van der Waals surface area contributed by atoms with Gasteiger partial charge in [0.2, 0.25) is 0 Å². The lowest BCUT2D eigenvalue weighted by Gasteiger charge is -2.11. The first-order chi connectivity index (χ1) is 9.41. The number of halogens is 4. The second-order valence-electron chi connectivity index (χ2n) is 4.23. The number of nitrogens with zero attached hydrogens (tertiary/aromatic N) is 1. The van der Waals surface area contributed by atoms with Crippen LogP contribution in [0.4, 0.5) is 13.2 Å². The molecule has 1 heterocycles. The topological polar surface area (TPSA) is 40.7 Å². The largest absolute Gasteiger partial charge is 0.417 e. The minimum Gasteiger partial charge on any atom is -0.341 e. The monoisotopic (exact) mass is 347 g/mol. The van der Waals surface area contributed by atoms with Gasteiger partial charge in [-0.25, -0.2) is 4.98 Å². The highest BCUT2D eigenvalue weighted by Crippen LogP contribution is 2.37. The van der Waals surface area contributed by atoms with E-state index in [0.717, 1.165) is 18.3 Å². The summed E-state index contributed by atoms with van der Waals surface area (Å²) >= 11 is 3.06. The minimum atomic E-state index is -4.42.